The lowest BCUT2D eigenvalue weighted by Gasteiger charge is -2.28. The summed E-state index contributed by atoms with van der Waals surface area (Å²) in [6.07, 6.45) is 3.75. The minimum Gasteiger partial charge on any atom is -0.480 e. The second-order valence-electron chi connectivity index (χ2n) is 7.67. The first kappa shape index (κ1) is 30.5. The standard InChI is InChI=1S/C20H38N4O6S2/c1-6-11(2)15(23-17(26)13(21)7-9-31-4)19(28)22-14(8-10-32-5)18(27)24-16(12(3)25)20(29)30/h11-16,25H,6-10,21H2,1-5H3,(H,22,28)(H,23,26)(H,24,27)(H,29,30). The fraction of sp³-hybridized carbons (Fsp3) is 0.800. The van der Waals surface area contributed by atoms with Gasteiger partial charge in [-0.1, -0.05) is 20.3 Å². The van der Waals surface area contributed by atoms with Gasteiger partial charge in [0.05, 0.1) is 12.1 Å². The molecule has 186 valence electrons. The van der Waals surface area contributed by atoms with Gasteiger partial charge in [0.25, 0.3) is 0 Å². The Bertz CT molecular complexity index is 623. The molecule has 0 heterocycles. The number of hydrogen-bond donors (Lipinski definition) is 6. The van der Waals surface area contributed by atoms with E-state index in [4.69, 9.17) is 5.73 Å². The van der Waals surface area contributed by atoms with E-state index in [0.717, 1.165) is 0 Å². The van der Waals surface area contributed by atoms with E-state index in [-0.39, 0.29) is 12.3 Å². The van der Waals surface area contributed by atoms with Crippen LogP contribution in [0.5, 0.6) is 0 Å². The highest BCUT2D eigenvalue weighted by Gasteiger charge is 2.33. The van der Waals surface area contributed by atoms with Crippen LogP contribution in [0.25, 0.3) is 0 Å². The number of rotatable bonds is 16. The van der Waals surface area contributed by atoms with Crippen LogP contribution in [0, 0.1) is 5.92 Å². The van der Waals surface area contributed by atoms with E-state index in [1.165, 1.54) is 18.7 Å². The number of carbonyl (C=O) groups excluding carboxylic acids is 3. The third-order valence-electron chi connectivity index (χ3n) is 5.05. The SMILES string of the molecule is CCC(C)C(NC(=O)C(N)CCSC)C(=O)NC(CCSC)C(=O)NC(C(=O)O)C(C)O. The number of aliphatic carboxylic acids is 1. The van der Waals surface area contributed by atoms with Crippen LogP contribution in [0.15, 0.2) is 0 Å². The van der Waals surface area contributed by atoms with Gasteiger partial charge in [0.1, 0.15) is 12.1 Å². The third-order valence-corrected chi connectivity index (χ3v) is 6.34. The Kier molecular flexibility index (Phi) is 15.4. The lowest BCUT2D eigenvalue weighted by molar-refractivity contribution is -0.145. The molecule has 6 atom stereocenters. The summed E-state index contributed by atoms with van der Waals surface area (Å²) in [5.74, 6) is -2.07. The number of nitrogens with one attached hydrogen (secondary N) is 3. The maximum absolute atomic E-state index is 13.0. The Morgan fingerprint density at radius 3 is 1.88 bits per heavy atom. The zero-order valence-corrected chi connectivity index (χ0v) is 21.1. The maximum Gasteiger partial charge on any atom is 0.328 e. The van der Waals surface area contributed by atoms with Crippen LogP contribution in [0.4, 0.5) is 0 Å². The van der Waals surface area contributed by atoms with Crippen molar-refractivity contribution in [1.29, 1.82) is 0 Å². The quantitative estimate of drug-likeness (QED) is 0.170. The summed E-state index contributed by atoms with van der Waals surface area (Å²) in [5.41, 5.74) is 5.92. The average molecular weight is 495 g/mol. The molecule has 0 spiro atoms. The Morgan fingerprint density at radius 1 is 0.875 bits per heavy atom. The molecule has 0 aromatic rings. The van der Waals surface area contributed by atoms with Gasteiger partial charge >= 0.3 is 5.97 Å². The number of amides is 3. The van der Waals surface area contributed by atoms with E-state index in [2.05, 4.69) is 16.0 Å². The summed E-state index contributed by atoms with van der Waals surface area (Å²) in [4.78, 5) is 49.5. The van der Waals surface area contributed by atoms with E-state index in [1.54, 1.807) is 11.8 Å². The average Bonchev–Trinajstić information content (AvgIpc) is 2.75. The number of carboxylic acids is 1. The monoisotopic (exact) mass is 494 g/mol. The number of aliphatic hydroxyl groups excluding tert-OH is 1. The Hall–Kier alpha value is -1.50. The molecule has 0 aromatic heterocycles. The van der Waals surface area contributed by atoms with Gasteiger partial charge < -0.3 is 31.9 Å². The molecule has 0 bridgehead atoms. The Labute approximate surface area is 198 Å². The molecule has 0 fully saturated rings. The number of carbonyl (C=O) groups is 4. The highest BCUT2D eigenvalue weighted by atomic mass is 32.2. The number of carboxylic acid groups (broad SMARTS) is 1. The van der Waals surface area contributed by atoms with E-state index < -0.39 is 54.0 Å². The van der Waals surface area contributed by atoms with Gasteiger partial charge in [-0.05, 0) is 49.7 Å². The molecule has 0 aliphatic heterocycles. The molecular weight excluding hydrogens is 456 g/mol. The molecule has 6 unspecified atom stereocenters. The molecular formula is C20H38N4O6S2. The van der Waals surface area contributed by atoms with Crippen molar-refractivity contribution in [3.8, 4) is 0 Å². The number of thioether (sulfide) groups is 2. The van der Waals surface area contributed by atoms with Crippen LogP contribution in [0.2, 0.25) is 0 Å². The molecule has 10 nitrogen and oxygen atoms in total. The largest absolute Gasteiger partial charge is 0.480 e. The molecule has 3 amide bonds. The van der Waals surface area contributed by atoms with Gasteiger partial charge in [0.15, 0.2) is 6.04 Å². The topological polar surface area (TPSA) is 171 Å². The molecule has 32 heavy (non-hydrogen) atoms. The molecule has 0 aromatic carbocycles. The fourth-order valence-electron chi connectivity index (χ4n) is 2.75. The van der Waals surface area contributed by atoms with Crippen LogP contribution in [0.1, 0.15) is 40.0 Å². The molecule has 0 radical (unpaired) electrons. The second kappa shape index (κ2) is 16.2. The molecule has 0 saturated heterocycles. The third kappa shape index (κ3) is 10.9. The van der Waals surface area contributed by atoms with Gasteiger partial charge in [-0.2, -0.15) is 23.5 Å². The summed E-state index contributed by atoms with van der Waals surface area (Å²) in [5, 5.41) is 26.4. The van der Waals surface area contributed by atoms with Gasteiger partial charge in [0, 0.05) is 0 Å². The first-order valence-electron chi connectivity index (χ1n) is 10.5. The number of hydrogen-bond acceptors (Lipinski definition) is 8. The molecule has 0 rings (SSSR count). The van der Waals surface area contributed by atoms with E-state index >= 15 is 0 Å². The van der Waals surface area contributed by atoms with Crippen LogP contribution in [0.3, 0.4) is 0 Å². The van der Waals surface area contributed by atoms with E-state index in [9.17, 15) is 29.4 Å². The normalized spacial score (nSPS) is 16.7. The van der Waals surface area contributed by atoms with E-state index in [0.29, 0.717) is 24.3 Å². The molecule has 0 saturated carbocycles. The van der Waals surface area contributed by atoms with Crippen molar-refractivity contribution in [2.75, 3.05) is 24.0 Å². The van der Waals surface area contributed by atoms with Gasteiger partial charge in [-0.15, -0.1) is 0 Å². The Morgan fingerprint density at radius 2 is 1.41 bits per heavy atom. The summed E-state index contributed by atoms with van der Waals surface area (Å²) < 4.78 is 0. The van der Waals surface area contributed by atoms with Crippen molar-refractivity contribution in [2.24, 2.45) is 11.7 Å². The van der Waals surface area contributed by atoms with Crippen molar-refractivity contribution in [2.45, 2.75) is 70.3 Å². The van der Waals surface area contributed by atoms with E-state index in [1.807, 2.05) is 26.4 Å². The molecule has 12 heteroatoms. The smallest absolute Gasteiger partial charge is 0.328 e. The van der Waals surface area contributed by atoms with Crippen LogP contribution in [-0.2, 0) is 19.2 Å². The van der Waals surface area contributed by atoms with Crippen molar-refractivity contribution >= 4 is 47.2 Å². The zero-order valence-electron chi connectivity index (χ0n) is 19.4. The van der Waals surface area contributed by atoms with Crippen molar-refractivity contribution in [3.63, 3.8) is 0 Å². The minimum atomic E-state index is -1.50. The zero-order chi connectivity index (χ0) is 24.8. The molecule has 7 N–H and O–H groups in total. The van der Waals surface area contributed by atoms with Gasteiger partial charge in [-0.3, -0.25) is 14.4 Å². The van der Waals surface area contributed by atoms with Crippen molar-refractivity contribution < 1.29 is 29.4 Å². The first-order chi connectivity index (χ1) is 15.0. The lowest BCUT2D eigenvalue weighted by Crippen LogP contribution is -2.59. The predicted octanol–water partition coefficient (Wildman–Crippen LogP) is -0.214. The Balaban J connectivity index is 5.45. The predicted molar refractivity (Wildman–Crippen MR) is 129 cm³/mol. The van der Waals surface area contributed by atoms with Gasteiger partial charge in [-0.25, -0.2) is 4.79 Å². The summed E-state index contributed by atoms with van der Waals surface area (Å²) in [7, 11) is 0. The minimum absolute atomic E-state index is 0.222. The van der Waals surface area contributed by atoms with Crippen LogP contribution in [-0.4, -0.2) is 88.2 Å². The number of nitrogens with two attached hydrogens (primary N) is 1. The molecule has 0 aliphatic rings. The number of aliphatic hydroxyl groups is 1. The first-order valence-corrected chi connectivity index (χ1v) is 13.3. The second-order valence-corrected chi connectivity index (χ2v) is 9.64. The van der Waals surface area contributed by atoms with Crippen molar-refractivity contribution in [3.05, 3.63) is 0 Å². The van der Waals surface area contributed by atoms with Crippen molar-refractivity contribution in [1.82, 2.24) is 16.0 Å². The summed E-state index contributed by atoms with van der Waals surface area (Å²) in [6, 6.07) is -4.18. The highest BCUT2D eigenvalue weighted by molar-refractivity contribution is 7.98. The summed E-state index contributed by atoms with van der Waals surface area (Å²) >= 11 is 3.03. The lowest BCUT2D eigenvalue weighted by atomic mass is 9.97. The highest BCUT2D eigenvalue weighted by Crippen LogP contribution is 2.11. The summed E-state index contributed by atoms with van der Waals surface area (Å²) in [6.45, 7) is 4.94. The van der Waals surface area contributed by atoms with Crippen LogP contribution >= 0.6 is 23.5 Å². The fourth-order valence-corrected chi connectivity index (χ4v) is 3.71. The van der Waals surface area contributed by atoms with Crippen LogP contribution < -0.4 is 21.7 Å². The maximum atomic E-state index is 13.0. The van der Waals surface area contributed by atoms with Gasteiger partial charge in [0.2, 0.25) is 17.7 Å². The molecule has 0 aliphatic carbocycles.